The summed E-state index contributed by atoms with van der Waals surface area (Å²) < 4.78 is 24.2. The van der Waals surface area contributed by atoms with Gasteiger partial charge in [-0.1, -0.05) is 19.3 Å². The van der Waals surface area contributed by atoms with E-state index in [1.165, 1.54) is 32.1 Å². The Kier molecular flexibility index (Phi) is 5.47. The molecule has 1 saturated carbocycles. The average Bonchev–Trinajstić information content (AvgIpc) is 2.17. The lowest BCUT2D eigenvalue weighted by molar-refractivity contribution is 0.0928. The molecule has 1 atom stereocenters. The largest absolute Gasteiger partial charge is 0.326 e. The van der Waals surface area contributed by atoms with Gasteiger partial charge in [0.15, 0.2) is 0 Å². The zero-order valence-corrected chi connectivity index (χ0v) is 9.46. The van der Waals surface area contributed by atoms with E-state index in [1.807, 2.05) is 0 Å². The van der Waals surface area contributed by atoms with Crippen LogP contribution < -0.4 is 5.73 Å². The van der Waals surface area contributed by atoms with Crippen LogP contribution in [-0.4, -0.2) is 37.5 Å². The first-order valence-electron chi connectivity index (χ1n) is 5.82. The minimum absolute atomic E-state index is 0.0639. The van der Waals surface area contributed by atoms with Crippen molar-refractivity contribution in [3.8, 4) is 0 Å². The molecule has 1 rings (SSSR count). The van der Waals surface area contributed by atoms with Crippen LogP contribution in [0.25, 0.3) is 0 Å². The number of nitrogens with two attached hydrogens (primary N) is 1. The molecule has 0 radical (unpaired) electrons. The van der Waals surface area contributed by atoms with E-state index in [2.05, 4.69) is 0 Å². The molecule has 2 N–H and O–H groups in total. The molecule has 0 aliphatic heterocycles. The third kappa shape index (κ3) is 4.89. The molecule has 1 fully saturated rings. The molecular formula is C11H22F2N2. The van der Waals surface area contributed by atoms with Gasteiger partial charge >= 0.3 is 0 Å². The maximum absolute atomic E-state index is 12.1. The highest BCUT2D eigenvalue weighted by Gasteiger charge is 2.22. The molecule has 90 valence electrons. The van der Waals surface area contributed by atoms with E-state index in [4.69, 9.17) is 5.73 Å². The standard InChI is InChI=1S/C11H22F2N2/c1-15(8-11(12)13)7-10(14)9-5-3-2-4-6-9/h9-11H,2-8,14H2,1H3. The second kappa shape index (κ2) is 6.38. The summed E-state index contributed by atoms with van der Waals surface area (Å²) in [6, 6.07) is 0.0639. The Morgan fingerprint density at radius 2 is 1.80 bits per heavy atom. The van der Waals surface area contributed by atoms with Crippen molar-refractivity contribution in [1.29, 1.82) is 0 Å². The highest BCUT2D eigenvalue weighted by atomic mass is 19.3. The van der Waals surface area contributed by atoms with E-state index in [-0.39, 0.29) is 12.6 Å². The van der Waals surface area contributed by atoms with Crippen molar-refractivity contribution in [3.63, 3.8) is 0 Å². The summed E-state index contributed by atoms with van der Waals surface area (Å²) in [5, 5.41) is 0. The summed E-state index contributed by atoms with van der Waals surface area (Å²) in [5.74, 6) is 0.541. The van der Waals surface area contributed by atoms with Gasteiger partial charge in [0.25, 0.3) is 6.43 Å². The highest BCUT2D eigenvalue weighted by Crippen LogP contribution is 2.25. The minimum Gasteiger partial charge on any atom is -0.326 e. The van der Waals surface area contributed by atoms with E-state index in [9.17, 15) is 8.78 Å². The monoisotopic (exact) mass is 220 g/mol. The van der Waals surface area contributed by atoms with Crippen LogP contribution >= 0.6 is 0 Å². The van der Waals surface area contributed by atoms with Crippen molar-refractivity contribution >= 4 is 0 Å². The number of nitrogens with zero attached hydrogens (tertiary/aromatic N) is 1. The molecule has 0 aromatic heterocycles. The zero-order valence-electron chi connectivity index (χ0n) is 9.46. The van der Waals surface area contributed by atoms with Crippen LogP contribution in [0.15, 0.2) is 0 Å². The molecule has 0 saturated heterocycles. The van der Waals surface area contributed by atoms with Crippen LogP contribution in [0.2, 0.25) is 0 Å². The van der Waals surface area contributed by atoms with Crippen LogP contribution in [-0.2, 0) is 0 Å². The Bertz CT molecular complexity index is 170. The molecule has 1 aliphatic carbocycles. The fourth-order valence-electron chi connectivity index (χ4n) is 2.38. The normalized spacial score (nSPS) is 21.2. The Hall–Kier alpha value is -0.220. The first kappa shape index (κ1) is 12.8. The van der Waals surface area contributed by atoms with Gasteiger partial charge in [0.1, 0.15) is 0 Å². The van der Waals surface area contributed by atoms with Crippen LogP contribution in [0.3, 0.4) is 0 Å². The van der Waals surface area contributed by atoms with Gasteiger partial charge in [-0.2, -0.15) is 0 Å². The summed E-state index contributed by atoms with van der Waals surface area (Å²) in [5.41, 5.74) is 6.04. The van der Waals surface area contributed by atoms with E-state index in [1.54, 1.807) is 11.9 Å². The van der Waals surface area contributed by atoms with Gasteiger partial charge in [0, 0.05) is 12.6 Å². The summed E-state index contributed by atoms with van der Waals surface area (Å²) >= 11 is 0. The molecule has 15 heavy (non-hydrogen) atoms. The molecule has 0 spiro atoms. The molecule has 0 aromatic rings. The van der Waals surface area contributed by atoms with Crippen molar-refractivity contribution < 1.29 is 8.78 Å². The fraction of sp³-hybridized carbons (Fsp3) is 1.00. The maximum atomic E-state index is 12.1. The fourth-order valence-corrected chi connectivity index (χ4v) is 2.38. The van der Waals surface area contributed by atoms with Crippen LogP contribution in [0.1, 0.15) is 32.1 Å². The van der Waals surface area contributed by atoms with Gasteiger partial charge < -0.3 is 5.73 Å². The lowest BCUT2D eigenvalue weighted by Crippen LogP contribution is -2.42. The number of likely N-dealkylation sites (N-methyl/N-ethyl adjacent to an activating group) is 1. The number of hydrogen-bond donors (Lipinski definition) is 1. The molecule has 1 aliphatic rings. The van der Waals surface area contributed by atoms with Crippen molar-refractivity contribution in [3.05, 3.63) is 0 Å². The predicted molar refractivity (Wildman–Crippen MR) is 58.1 cm³/mol. The summed E-state index contributed by atoms with van der Waals surface area (Å²) in [7, 11) is 1.72. The van der Waals surface area contributed by atoms with Crippen LogP contribution in [0.4, 0.5) is 8.78 Å². The highest BCUT2D eigenvalue weighted by molar-refractivity contribution is 4.78. The quantitative estimate of drug-likeness (QED) is 0.768. The smallest absolute Gasteiger partial charge is 0.251 e. The minimum atomic E-state index is -2.26. The molecule has 1 unspecified atom stereocenters. The lowest BCUT2D eigenvalue weighted by atomic mass is 9.84. The Balaban J connectivity index is 2.23. The second-order valence-corrected chi connectivity index (χ2v) is 4.67. The number of rotatable bonds is 5. The summed E-state index contributed by atoms with van der Waals surface area (Å²) in [4.78, 5) is 1.64. The number of halogens is 2. The second-order valence-electron chi connectivity index (χ2n) is 4.67. The van der Waals surface area contributed by atoms with E-state index in [0.29, 0.717) is 12.5 Å². The summed E-state index contributed by atoms with van der Waals surface area (Å²) in [6.45, 7) is 0.426. The van der Waals surface area contributed by atoms with Crippen LogP contribution in [0, 0.1) is 5.92 Å². The van der Waals surface area contributed by atoms with E-state index >= 15 is 0 Å². The third-order valence-electron chi connectivity index (χ3n) is 3.23. The lowest BCUT2D eigenvalue weighted by Gasteiger charge is -2.30. The van der Waals surface area contributed by atoms with Crippen molar-refractivity contribution in [1.82, 2.24) is 4.90 Å². The third-order valence-corrected chi connectivity index (χ3v) is 3.23. The van der Waals surface area contributed by atoms with Gasteiger partial charge in [-0.25, -0.2) is 8.78 Å². The van der Waals surface area contributed by atoms with Crippen molar-refractivity contribution in [2.24, 2.45) is 11.7 Å². The Morgan fingerprint density at radius 3 is 2.33 bits per heavy atom. The molecule has 0 amide bonds. The molecule has 2 nitrogen and oxygen atoms in total. The van der Waals surface area contributed by atoms with Gasteiger partial charge in [-0.05, 0) is 25.8 Å². The first-order chi connectivity index (χ1) is 7.09. The predicted octanol–water partition coefficient (Wildman–Crippen LogP) is 2.09. The van der Waals surface area contributed by atoms with Gasteiger partial charge in [0.2, 0.25) is 0 Å². The molecule has 4 heteroatoms. The topological polar surface area (TPSA) is 29.3 Å². The number of alkyl halides is 2. The maximum Gasteiger partial charge on any atom is 0.251 e. The van der Waals surface area contributed by atoms with Crippen molar-refractivity contribution in [2.75, 3.05) is 20.1 Å². The number of hydrogen-bond acceptors (Lipinski definition) is 2. The molecule has 0 aromatic carbocycles. The summed E-state index contributed by atoms with van der Waals surface area (Å²) in [6.07, 6.45) is 3.88. The van der Waals surface area contributed by atoms with E-state index < -0.39 is 6.43 Å². The molecule has 0 bridgehead atoms. The Labute approximate surface area is 90.8 Å². The van der Waals surface area contributed by atoms with Gasteiger partial charge in [-0.15, -0.1) is 0 Å². The van der Waals surface area contributed by atoms with Crippen molar-refractivity contribution in [2.45, 2.75) is 44.6 Å². The SMILES string of the molecule is CN(CC(F)F)CC(N)C1CCCCC1. The van der Waals surface area contributed by atoms with Crippen LogP contribution in [0.5, 0.6) is 0 Å². The van der Waals surface area contributed by atoms with E-state index in [0.717, 1.165) is 0 Å². The molecular weight excluding hydrogens is 198 g/mol. The Morgan fingerprint density at radius 1 is 1.20 bits per heavy atom. The van der Waals surface area contributed by atoms with Gasteiger partial charge in [0.05, 0.1) is 6.54 Å². The van der Waals surface area contributed by atoms with Gasteiger partial charge in [-0.3, -0.25) is 4.90 Å². The average molecular weight is 220 g/mol. The first-order valence-corrected chi connectivity index (χ1v) is 5.82. The zero-order chi connectivity index (χ0) is 11.3. The molecule has 0 heterocycles.